The van der Waals surface area contributed by atoms with Crippen LogP contribution in [0.25, 0.3) is 0 Å². The summed E-state index contributed by atoms with van der Waals surface area (Å²) >= 11 is 7.48. The molecular formula is C14H14ClNOS. The van der Waals surface area contributed by atoms with Crippen LogP contribution in [0, 0.1) is 20.8 Å². The smallest absolute Gasteiger partial charge is 0.142 e. The van der Waals surface area contributed by atoms with Crippen molar-refractivity contribution in [3.05, 3.63) is 46.2 Å². The van der Waals surface area contributed by atoms with Crippen molar-refractivity contribution < 1.29 is 5.11 Å². The maximum atomic E-state index is 10.2. The van der Waals surface area contributed by atoms with Gasteiger partial charge in [0, 0.05) is 11.1 Å². The summed E-state index contributed by atoms with van der Waals surface area (Å²) in [6.07, 6.45) is 1.65. The van der Waals surface area contributed by atoms with Gasteiger partial charge in [-0.1, -0.05) is 29.4 Å². The highest BCUT2D eigenvalue weighted by Gasteiger charge is 2.13. The van der Waals surface area contributed by atoms with E-state index >= 15 is 0 Å². The second-order valence-corrected chi connectivity index (χ2v) is 5.62. The number of halogens is 1. The molecule has 1 heterocycles. The summed E-state index contributed by atoms with van der Waals surface area (Å²) in [4.78, 5) is 5.73. The maximum absolute atomic E-state index is 10.2. The SMILES string of the molecule is Cc1cc(C)c(Sc2cccnc2Cl)c(O)c1C. The molecule has 4 heteroatoms. The van der Waals surface area contributed by atoms with E-state index in [1.807, 2.05) is 32.9 Å². The van der Waals surface area contributed by atoms with Crippen LogP contribution in [0.4, 0.5) is 0 Å². The van der Waals surface area contributed by atoms with Gasteiger partial charge in [0.25, 0.3) is 0 Å². The van der Waals surface area contributed by atoms with Crippen molar-refractivity contribution in [1.82, 2.24) is 4.98 Å². The number of aromatic nitrogens is 1. The van der Waals surface area contributed by atoms with Gasteiger partial charge in [-0.25, -0.2) is 4.98 Å². The lowest BCUT2D eigenvalue weighted by Crippen LogP contribution is -1.90. The van der Waals surface area contributed by atoms with Gasteiger partial charge >= 0.3 is 0 Å². The minimum Gasteiger partial charge on any atom is -0.506 e. The van der Waals surface area contributed by atoms with Crippen LogP contribution in [-0.2, 0) is 0 Å². The number of nitrogens with zero attached hydrogens (tertiary/aromatic N) is 1. The van der Waals surface area contributed by atoms with E-state index in [-0.39, 0.29) is 0 Å². The Morgan fingerprint density at radius 3 is 2.61 bits per heavy atom. The monoisotopic (exact) mass is 279 g/mol. The molecule has 0 aliphatic carbocycles. The molecule has 2 nitrogen and oxygen atoms in total. The Morgan fingerprint density at radius 1 is 1.22 bits per heavy atom. The zero-order valence-electron chi connectivity index (χ0n) is 10.5. The van der Waals surface area contributed by atoms with Crippen LogP contribution in [-0.4, -0.2) is 10.1 Å². The maximum Gasteiger partial charge on any atom is 0.142 e. The quantitative estimate of drug-likeness (QED) is 0.821. The van der Waals surface area contributed by atoms with Gasteiger partial charge in [0.2, 0.25) is 0 Å². The van der Waals surface area contributed by atoms with E-state index in [0.29, 0.717) is 10.9 Å². The predicted octanol–water partition coefficient (Wildman–Crippen LogP) is 4.52. The van der Waals surface area contributed by atoms with Crippen LogP contribution in [0.15, 0.2) is 34.2 Å². The fourth-order valence-electron chi connectivity index (χ4n) is 1.73. The van der Waals surface area contributed by atoms with E-state index in [9.17, 15) is 5.11 Å². The van der Waals surface area contributed by atoms with Crippen LogP contribution >= 0.6 is 23.4 Å². The number of benzene rings is 1. The molecule has 18 heavy (non-hydrogen) atoms. The van der Waals surface area contributed by atoms with Gasteiger partial charge in [0.15, 0.2) is 0 Å². The standard InChI is InChI=1S/C14H14ClNOS/c1-8-7-9(2)13(12(17)10(8)3)18-11-5-4-6-16-14(11)15/h4-7,17H,1-3H3. The first-order chi connectivity index (χ1) is 8.50. The number of phenols is 1. The van der Waals surface area contributed by atoms with Crippen LogP contribution in [0.2, 0.25) is 5.15 Å². The highest BCUT2D eigenvalue weighted by atomic mass is 35.5. The Morgan fingerprint density at radius 2 is 1.94 bits per heavy atom. The summed E-state index contributed by atoms with van der Waals surface area (Å²) in [6.45, 7) is 5.89. The van der Waals surface area contributed by atoms with Crippen LogP contribution in [0.5, 0.6) is 5.75 Å². The molecule has 0 fully saturated rings. The summed E-state index contributed by atoms with van der Waals surface area (Å²) in [7, 11) is 0. The molecule has 0 aliphatic rings. The topological polar surface area (TPSA) is 33.1 Å². The minimum absolute atomic E-state index is 0.331. The van der Waals surface area contributed by atoms with Gasteiger partial charge in [-0.3, -0.25) is 0 Å². The number of hydrogen-bond donors (Lipinski definition) is 1. The second kappa shape index (κ2) is 5.21. The molecule has 0 amide bonds. The molecule has 0 saturated heterocycles. The molecule has 0 spiro atoms. The number of pyridine rings is 1. The van der Waals surface area contributed by atoms with Gasteiger partial charge in [-0.05, 0) is 49.6 Å². The molecule has 94 valence electrons. The first-order valence-electron chi connectivity index (χ1n) is 5.59. The van der Waals surface area contributed by atoms with E-state index in [0.717, 1.165) is 26.5 Å². The van der Waals surface area contributed by atoms with Crippen molar-refractivity contribution in [3.8, 4) is 5.75 Å². The third-order valence-corrected chi connectivity index (χ3v) is 4.57. The van der Waals surface area contributed by atoms with Crippen LogP contribution < -0.4 is 0 Å². The van der Waals surface area contributed by atoms with E-state index in [1.54, 1.807) is 6.20 Å². The number of aromatic hydroxyl groups is 1. The van der Waals surface area contributed by atoms with Crippen molar-refractivity contribution in [2.24, 2.45) is 0 Å². The molecule has 0 bridgehead atoms. The Labute approximate surface area is 116 Å². The van der Waals surface area contributed by atoms with Crippen molar-refractivity contribution >= 4 is 23.4 Å². The zero-order valence-corrected chi connectivity index (χ0v) is 12.1. The normalized spacial score (nSPS) is 10.7. The summed E-state index contributed by atoms with van der Waals surface area (Å²) in [5.41, 5.74) is 3.04. The van der Waals surface area contributed by atoms with E-state index in [1.165, 1.54) is 11.8 Å². The average Bonchev–Trinajstić information content (AvgIpc) is 2.34. The van der Waals surface area contributed by atoms with Crippen molar-refractivity contribution in [3.63, 3.8) is 0 Å². The summed E-state index contributed by atoms with van der Waals surface area (Å²) < 4.78 is 0. The molecule has 1 aromatic heterocycles. The number of phenolic OH excluding ortho intramolecular Hbond substituents is 1. The largest absolute Gasteiger partial charge is 0.506 e. The lowest BCUT2D eigenvalue weighted by molar-refractivity contribution is 0.456. The van der Waals surface area contributed by atoms with E-state index < -0.39 is 0 Å². The van der Waals surface area contributed by atoms with E-state index in [2.05, 4.69) is 11.1 Å². The molecule has 2 aromatic rings. The molecule has 2 rings (SSSR count). The number of rotatable bonds is 2. The molecule has 1 aromatic carbocycles. The molecule has 0 radical (unpaired) electrons. The Balaban J connectivity index is 2.47. The van der Waals surface area contributed by atoms with Crippen molar-refractivity contribution in [2.45, 2.75) is 30.6 Å². The highest BCUT2D eigenvalue weighted by Crippen LogP contribution is 2.41. The van der Waals surface area contributed by atoms with Crippen LogP contribution in [0.1, 0.15) is 16.7 Å². The first kappa shape index (κ1) is 13.2. The summed E-state index contributed by atoms with van der Waals surface area (Å²) in [6, 6.07) is 5.80. The van der Waals surface area contributed by atoms with Gasteiger partial charge in [0.1, 0.15) is 10.9 Å². The molecule has 0 saturated carbocycles. The average molecular weight is 280 g/mol. The van der Waals surface area contributed by atoms with Crippen LogP contribution in [0.3, 0.4) is 0 Å². The lowest BCUT2D eigenvalue weighted by Gasteiger charge is -2.13. The Hall–Kier alpha value is -1.19. The molecule has 0 unspecified atom stereocenters. The zero-order chi connectivity index (χ0) is 13.3. The highest BCUT2D eigenvalue weighted by molar-refractivity contribution is 7.99. The Kier molecular flexibility index (Phi) is 3.83. The Bertz CT molecular complexity index is 599. The molecule has 0 aliphatic heterocycles. The van der Waals surface area contributed by atoms with E-state index in [4.69, 9.17) is 11.6 Å². The third-order valence-electron chi connectivity index (χ3n) is 2.89. The second-order valence-electron chi connectivity index (χ2n) is 4.21. The lowest BCUT2D eigenvalue weighted by atomic mass is 10.1. The van der Waals surface area contributed by atoms with Gasteiger partial charge < -0.3 is 5.11 Å². The summed E-state index contributed by atoms with van der Waals surface area (Å²) in [5, 5.41) is 10.7. The van der Waals surface area contributed by atoms with Gasteiger partial charge in [-0.2, -0.15) is 0 Å². The first-order valence-corrected chi connectivity index (χ1v) is 6.78. The molecular weight excluding hydrogens is 266 g/mol. The van der Waals surface area contributed by atoms with Crippen molar-refractivity contribution in [2.75, 3.05) is 0 Å². The third kappa shape index (κ3) is 2.47. The fourth-order valence-corrected chi connectivity index (χ4v) is 2.94. The number of aryl methyl sites for hydroxylation is 2. The number of hydrogen-bond acceptors (Lipinski definition) is 3. The van der Waals surface area contributed by atoms with Crippen molar-refractivity contribution in [1.29, 1.82) is 0 Å². The fraction of sp³-hybridized carbons (Fsp3) is 0.214. The van der Waals surface area contributed by atoms with Gasteiger partial charge in [0.05, 0.1) is 4.90 Å². The predicted molar refractivity (Wildman–Crippen MR) is 75.7 cm³/mol. The molecule has 1 N–H and O–H groups in total. The molecule has 0 atom stereocenters. The minimum atomic E-state index is 0.331. The van der Waals surface area contributed by atoms with Gasteiger partial charge in [-0.15, -0.1) is 0 Å². The summed E-state index contributed by atoms with van der Waals surface area (Å²) in [5.74, 6) is 0.331.